The van der Waals surface area contributed by atoms with E-state index in [4.69, 9.17) is 9.15 Å². The van der Waals surface area contributed by atoms with Crippen molar-refractivity contribution in [1.82, 2.24) is 0 Å². The second-order valence-corrected chi connectivity index (χ2v) is 4.89. The van der Waals surface area contributed by atoms with E-state index in [2.05, 4.69) is 0 Å². The highest BCUT2D eigenvalue weighted by atomic mass is 32.2. The van der Waals surface area contributed by atoms with Crippen LogP contribution >= 0.6 is 0 Å². The van der Waals surface area contributed by atoms with Crippen molar-refractivity contribution in [3.63, 3.8) is 0 Å². The average Bonchev–Trinajstić information content (AvgIpc) is 2.67. The van der Waals surface area contributed by atoms with Crippen LogP contribution in [-0.4, -0.2) is 8.76 Å². The molecule has 1 aromatic carbocycles. The Morgan fingerprint density at radius 3 is 2.44 bits per heavy atom. The van der Waals surface area contributed by atoms with E-state index in [1.807, 2.05) is 19.9 Å². The molecule has 0 fully saturated rings. The Hall–Kier alpha value is -1.59. The summed E-state index contributed by atoms with van der Waals surface area (Å²) >= 11 is -2.20. The highest BCUT2D eigenvalue weighted by Gasteiger charge is 2.04. The molecule has 96 valence electrons. The molecule has 2 rings (SSSR count). The molecule has 0 saturated carbocycles. The van der Waals surface area contributed by atoms with Crippen LogP contribution < -0.4 is 4.74 Å². The Morgan fingerprint density at radius 2 is 1.94 bits per heavy atom. The molecular weight excluding hydrogens is 252 g/mol. The van der Waals surface area contributed by atoms with Gasteiger partial charge in [-0.2, -0.15) is 0 Å². The zero-order chi connectivity index (χ0) is 13.1. The second-order valence-electron chi connectivity index (χ2n) is 3.95. The molecule has 0 aliphatic heterocycles. The van der Waals surface area contributed by atoms with E-state index >= 15 is 0 Å². The largest absolute Gasteiger partial charge is 0.768 e. The summed E-state index contributed by atoms with van der Waals surface area (Å²) in [6, 6.07) is 8.16. The number of benzene rings is 1. The Labute approximate surface area is 108 Å². The molecule has 0 amide bonds. The standard InChI is InChI=1S/C13H14O4S/c1-9-7-12(17-10(9)2)8-16-11-3-5-13(6-4-11)18(14)15/h3-7H,8H2,1-2H3,(H,14,15)/p-1. The maximum absolute atomic E-state index is 10.7. The summed E-state index contributed by atoms with van der Waals surface area (Å²) in [6.07, 6.45) is 0. The first-order chi connectivity index (χ1) is 8.56. The Kier molecular flexibility index (Phi) is 3.84. The Balaban J connectivity index is 2.00. The van der Waals surface area contributed by atoms with Crippen molar-refractivity contribution in [3.8, 4) is 5.75 Å². The SMILES string of the molecule is Cc1cc(COc2ccc(S(=O)[O-])cc2)oc1C. The van der Waals surface area contributed by atoms with Gasteiger partial charge in [-0.25, -0.2) is 0 Å². The maximum Gasteiger partial charge on any atom is 0.146 e. The van der Waals surface area contributed by atoms with Crippen LogP contribution in [0.3, 0.4) is 0 Å². The minimum absolute atomic E-state index is 0.243. The van der Waals surface area contributed by atoms with Gasteiger partial charge >= 0.3 is 0 Å². The van der Waals surface area contributed by atoms with Crippen LogP contribution in [0, 0.1) is 13.8 Å². The molecule has 1 heterocycles. The summed E-state index contributed by atoms with van der Waals surface area (Å²) in [6.45, 7) is 4.20. The zero-order valence-corrected chi connectivity index (χ0v) is 11.0. The molecule has 1 atom stereocenters. The molecule has 0 saturated heterocycles. The molecule has 18 heavy (non-hydrogen) atoms. The van der Waals surface area contributed by atoms with Gasteiger partial charge in [-0.05, 0) is 60.8 Å². The van der Waals surface area contributed by atoms with E-state index < -0.39 is 11.1 Å². The van der Waals surface area contributed by atoms with Crippen LogP contribution in [0.5, 0.6) is 5.75 Å². The van der Waals surface area contributed by atoms with E-state index in [0.29, 0.717) is 12.4 Å². The molecule has 0 N–H and O–H groups in total. The van der Waals surface area contributed by atoms with Gasteiger partial charge < -0.3 is 13.7 Å². The van der Waals surface area contributed by atoms with Gasteiger partial charge in [-0.3, -0.25) is 4.21 Å². The molecule has 0 spiro atoms. The minimum Gasteiger partial charge on any atom is -0.768 e. The number of hydrogen-bond acceptors (Lipinski definition) is 4. The molecule has 1 unspecified atom stereocenters. The lowest BCUT2D eigenvalue weighted by Gasteiger charge is -2.07. The Morgan fingerprint density at radius 1 is 1.28 bits per heavy atom. The molecule has 5 heteroatoms. The summed E-state index contributed by atoms with van der Waals surface area (Å²) in [4.78, 5) is 0.243. The molecule has 2 aromatic rings. The fourth-order valence-electron chi connectivity index (χ4n) is 1.52. The monoisotopic (exact) mass is 265 g/mol. The van der Waals surface area contributed by atoms with Gasteiger partial charge in [0.05, 0.1) is 0 Å². The molecule has 1 aromatic heterocycles. The molecule has 4 nitrogen and oxygen atoms in total. The fraction of sp³-hybridized carbons (Fsp3) is 0.231. The van der Waals surface area contributed by atoms with Crippen molar-refractivity contribution in [2.75, 3.05) is 0 Å². The van der Waals surface area contributed by atoms with E-state index in [1.54, 1.807) is 12.1 Å². The van der Waals surface area contributed by atoms with Gasteiger partial charge in [-0.1, -0.05) is 0 Å². The lowest BCUT2D eigenvalue weighted by molar-refractivity contribution is 0.267. The predicted molar refractivity (Wildman–Crippen MR) is 66.1 cm³/mol. The van der Waals surface area contributed by atoms with Crippen molar-refractivity contribution in [3.05, 3.63) is 47.4 Å². The van der Waals surface area contributed by atoms with Crippen LogP contribution in [0.4, 0.5) is 0 Å². The second kappa shape index (κ2) is 5.37. The van der Waals surface area contributed by atoms with E-state index in [-0.39, 0.29) is 4.90 Å². The Bertz CT molecular complexity index is 537. The number of rotatable bonds is 4. The lowest BCUT2D eigenvalue weighted by Crippen LogP contribution is -1.94. The smallest absolute Gasteiger partial charge is 0.146 e. The third-order valence-corrected chi connectivity index (χ3v) is 3.27. The van der Waals surface area contributed by atoms with Gasteiger partial charge in [0.15, 0.2) is 0 Å². The number of ether oxygens (including phenoxy) is 1. The molecule has 0 bridgehead atoms. The molecule has 0 aliphatic rings. The topological polar surface area (TPSA) is 62.5 Å². The van der Waals surface area contributed by atoms with Gasteiger partial charge in [0.1, 0.15) is 23.9 Å². The molecular formula is C13H13O4S-. The summed E-state index contributed by atoms with van der Waals surface area (Å²) < 4.78 is 32.3. The highest BCUT2D eigenvalue weighted by Crippen LogP contribution is 2.18. The fourth-order valence-corrected chi connectivity index (χ4v) is 1.88. The summed E-state index contributed by atoms with van der Waals surface area (Å²) in [5, 5.41) is 0. The summed E-state index contributed by atoms with van der Waals surface area (Å²) in [5.41, 5.74) is 1.09. The van der Waals surface area contributed by atoms with Crippen LogP contribution in [0.2, 0.25) is 0 Å². The van der Waals surface area contributed by atoms with Gasteiger partial charge in [0, 0.05) is 4.90 Å². The van der Waals surface area contributed by atoms with Crippen LogP contribution in [0.25, 0.3) is 0 Å². The third-order valence-electron chi connectivity index (χ3n) is 2.61. The van der Waals surface area contributed by atoms with Gasteiger partial charge in [0.2, 0.25) is 0 Å². The van der Waals surface area contributed by atoms with Crippen molar-refractivity contribution in [1.29, 1.82) is 0 Å². The average molecular weight is 265 g/mol. The lowest BCUT2D eigenvalue weighted by atomic mass is 10.3. The molecule has 0 aliphatic carbocycles. The van der Waals surface area contributed by atoms with Crippen molar-refractivity contribution >= 4 is 11.1 Å². The summed E-state index contributed by atoms with van der Waals surface area (Å²) in [5.74, 6) is 2.24. The first-order valence-electron chi connectivity index (χ1n) is 5.44. The van der Waals surface area contributed by atoms with Crippen molar-refractivity contribution < 1.29 is 17.9 Å². The van der Waals surface area contributed by atoms with Gasteiger partial charge in [0.25, 0.3) is 0 Å². The van der Waals surface area contributed by atoms with E-state index in [1.165, 1.54) is 12.1 Å². The summed E-state index contributed by atoms with van der Waals surface area (Å²) in [7, 11) is 0. The minimum atomic E-state index is -2.20. The number of hydrogen-bond donors (Lipinski definition) is 0. The maximum atomic E-state index is 10.7. The van der Waals surface area contributed by atoms with E-state index in [9.17, 15) is 8.76 Å². The quantitative estimate of drug-likeness (QED) is 0.797. The first-order valence-corrected chi connectivity index (χ1v) is 6.52. The van der Waals surface area contributed by atoms with Crippen LogP contribution in [-0.2, 0) is 17.7 Å². The van der Waals surface area contributed by atoms with Crippen LogP contribution in [0.1, 0.15) is 17.1 Å². The number of aryl methyl sites for hydroxylation is 2. The van der Waals surface area contributed by atoms with Crippen LogP contribution in [0.15, 0.2) is 39.6 Å². The first kappa shape index (κ1) is 12.9. The normalized spacial score (nSPS) is 12.4. The highest BCUT2D eigenvalue weighted by molar-refractivity contribution is 7.79. The zero-order valence-electron chi connectivity index (χ0n) is 10.1. The van der Waals surface area contributed by atoms with Gasteiger partial charge in [-0.15, -0.1) is 0 Å². The predicted octanol–water partition coefficient (Wildman–Crippen LogP) is 2.71. The van der Waals surface area contributed by atoms with Crippen molar-refractivity contribution in [2.24, 2.45) is 0 Å². The third kappa shape index (κ3) is 3.00. The number of furan rings is 1. The van der Waals surface area contributed by atoms with E-state index in [0.717, 1.165) is 17.1 Å². The molecule has 0 radical (unpaired) electrons. The van der Waals surface area contributed by atoms with Crippen molar-refractivity contribution in [2.45, 2.75) is 25.3 Å².